The van der Waals surface area contributed by atoms with E-state index in [9.17, 15) is 4.79 Å². The lowest BCUT2D eigenvalue weighted by atomic mass is 10.1. The van der Waals surface area contributed by atoms with Gasteiger partial charge in [-0.3, -0.25) is 5.10 Å². The van der Waals surface area contributed by atoms with Crippen LogP contribution in [-0.2, 0) is 0 Å². The number of hydrogen-bond donors (Lipinski definition) is 2. The van der Waals surface area contributed by atoms with E-state index in [0.717, 1.165) is 15.6 Å². The highest BCUT2D eigenvalue weighted by Gasteiger charge is 2.15. The van der Waals surface area contributed by atoms with Crippen molar-refractivity contribution < 1.29 is 9.90 Å². The van der Waals surface area contributed by atoms with Crippen LogP contribution in [0.15, 0.2) is 16.6 Å². The molecule has 1 heterocycles. The summed E-state index contributed by atoms with van der Waals surface area (Å²) in [4.78, 5) is 10.8. The Morgan fingerprint density at radius 3 is 2.93 bits per heavy atom. The van der Waals surface area contributed by atoms with Gasteiger partial charge in [0.05, 0.1) is 5.52 Å². The van der Waals surface area contributed by atoms with Gasteiger partial charge in [-0.25, -0.2) is 4.79 Å². The SMILES string of the molecule is Cc1cc(Br)c2c(C(=O)O)n[nH]c2c1. The van der Waals surface area contributed by atoms with Crippen molar-refractivity contribution in [3.05, 3.63) is 27.9 Å². The molecule has 2 N–H and O–H groups in total. The van der Waals surface area contributed by atoms with E-state index in [1.54, 1.807) is 0 Å². The van der Waals surface area contributed by atoms with E-state index in [0.29, 0.717) is 5.39 Å². The normalized spacial score (nSPS) is 10.7. The molecule has 0 aliphatic carbocycles. The summed E-state index contributed by atoms with van der Waals surface area (Å²) < 4.78 is 0.749. The molecule has 2 rings (SSSR count). The molecule has 0 radical (unpaired) electrons. The van der Waals surface area contributed by atoms with Gasteiger partial charge < -0.3 is 5.11 Å². The monoisotopic (exact) mass is 254 g/mol. The summed E-state index contributed by atoms with van der Waals surface area (Å²) in [5, 5.41) is 15.9. The van der Waals surface area contributed by atoms with Crippen molar-refractivity contribution in [3.8, 4) is 0 Å². The molecule has 0 saturated heterocycles. The molecule has 0 amide bonds. The summed E-state index contributed by atoms with van der Waals surface area (Å²) in [5.41, 5.74) is 1.83. The summed E-state index contributed by atoms with van der Waals surface area (Å²) in [5.74, 6) is -1.03. The minimum absolute atomic E-state index is 0.0480. The average molecular weight is 255 g/mol. The Morgan fingerprint density at radius 1 is 1.57 bits per heavy atom. The Bertz CT molecular complexity index is 519. The number of hydrogen-bond acceptors (Lipinski definition) is 2. The fourth-order valence-corrected chi connectivity index (χ4v) is 2.16. The lowest BCUT2D eigenvalue weighted by molar-refractivity contribution is 0.0692. The number of aryl methyl sites for hydroxylation is 1. The number of nitrogens with one attached hydrogen (secondary N) is 1. The molecule has 0 unspecified atom stereocenters. The van der Waals surface area contributed by atoms with Gasteiger partial charge in [-0.15, -0.1) is 0 Å². The fraction of sp³-hybridized carbons (Fsp3) is 0.111. The number of carbonyl (C=O) groups is 1. The van der Waals surface area contributed by atoms with E-state index in [4.69, 9.17) is 5.11 Å². The van der Waals surface area contributed by atoms with Crippen molar-refractivity contribution in [1.29, 1.82) is 0 Å². The lowest BCUT2D eigenvalue weighted by Gasteiger charge is -1.97. The summed E-state index contributed by atoms with van der Waals surface area (Å²) in [7, 11) is 0. The average Bonchev–Trinajstić information content (AvgIpc) is 2.47. The first-order valence-corrected chi connectivity index (χ1v) is 4.76. The van der Waals surface area contributed by atoms with E-state index in [2.05, 4.69) is 26.1 Å². The Kier molecular flexibility index (Phi) is 2.03. The molecule has 0 saturated carbocycles. The molecular weight excluding hydrogens is 248 g/mol. The van der Waals surface area contributed by atoms with E-state index in [1.165, 1.54) is 0 Å². The highest BCUT2D eigenvalue weighted by Crippen LogP contribution is 2.26. The number of carboxylic acid groups (broad SMARTS) is 1. The molecule has 0 spiro atoms. The zero-order valence-electron chi connectivity index (χ0n) is 7.34. The zero-order valence-corrected chi connectivity index (χ0v) is 8.92. The fourth-order valence-electron chi connectivity index (χ4n) is 1.40. The van der Waals surface area contributed by atoms with E-state index < -0.39 is 5.97 Å². The number of carboxylic acids is 1. The van der Waals surface area contributed by atoms with Crippen molar-refractivity contribution in [1.82, 2.24) is 10.2 Å². The van der Waals surface area contributed by atoms with Crippen LogP contribution in [0.5, 0.6) is 0 Å². The van der Waals surface area contributed by atoms with Gasteiger partial charge in [-0.2, -0.15) is 5.10 Å². The van der Waals surface area contributed by atoms with Crippen LogP contribution in [-0.4, -0.2) is 21.3 Å². The molecule has 72 valence electrons. The molecule has 0 bridgehead atoms. The first-order chi connectivity index (χ1) is 6.59. The molecular formula is C9H7BrN2O2. The van der Waals surface area contributed by atoms with Crippen molar-refractivity contribution >= 4 is 32.8 Å². The third-order valence-corrected chi connectivity index (χ3v) is 2.59. The number of H-pyrrole nitrogens is 1. The Morgan fingerprint density at radius 2 is 2.29 bits per heavy atom. The van der Waals surface area contributed by atoms with Gasteiger partial charge >= 0.3 is 5.97 Å². The molecule has 5 heteroatoms. The largest absolute Gasteiger partial charge is 0.476 e. The molecule has 2 aromatic rings. The second kappa shape index (κ2) is 3.09. The Balaban J connectivity index is 2.85. The summed E-state index contributed by atoms with van der Waals surface area (Å²) in [6.45, 7) is 1.94. The van der Waals surface area contributed by atoms with Crippen LogP contribution in [0, 0.1) is 6.92 Å². The maximum absolute atomic E-state index is 10.8. The highest BCUT2D eigenvalue weighted by atomic mass is 79.9. The van der Waals surface area contributed by atoms with Crippen LogP contribution in [0.1, 0.15) is 16.1 Å². The van der Waals surface area contributed by atoms with Gasteiger partial charge in [0.15, 0.2) is 5.69 Å². The summed E-state index contributed by atoms with van der Waals surface area (Å²) in [6, 6.07) is 3.73. The molecule has 0 atom stereocenters. The first kappa shape index (κ1) is 9.21. The second-order valence-electron chi connectivity index (χ2n) is 3.05. The number of nitrogens with zero attached hydrogens (tertiary/aromatic N) is 1. The number of benzene rings is 1. The maximum Gasteiger partial charge on any atom is 0.357 e. The third kappa shape index (κ3) is 1.29. The second-order valence-corrected chi connectivity index (χ2v) is 3.90. The standard InChI is InChI=1S/C9H7BrN2O2/c1-4-2-5(10)7-6(3-4)11-12-8(7)9(13)14/h2-3H,1H3,(H,11,12)(H,13,14). The number of aromatic amines is 1. The van der Waals surface area contributed by atoms with E-state index in [-0.39, 0.29) is 5.69 Å². The molecule has 14 heavy (non-hydrogen) atoms. The molecule has 4 nitrogen and oxygen atoms in total. The van der Waals surface area contributed by atoms with Gasteiger partial charge in [-0.1, -0.05) is 15.9 Å². The number of rotatable bonds is 1. The van der Waals surface area contributed by atoms with Crippen molar-refractivity contribution in [3.63, 3.8) is 0 Å². The van der Waals surface area contributed by atoms with Crippen LogP contribution in [0.3, 0.4) is 0 Å². The van der Waals surface area contributed by atoms with Gasteiger partial charge in [0.2, 0.25) is 0 Å². The smallest absolute Gasteiger partial charge is 0.357 e. The van der Waals surface area contributed by atoms with Gasteiger partial charge in [0.25, 0.3) is 0 Å². The van der Waals surface area contributed by atoms with Crippen LogP contribution in [0.4, 0.5) is 0 Å². The predicted molar refractivity (Wildman–Crippen MR) is 55.5 cm³/mol. The third-order valence-electron chi connectivity index (χ3n) is 1.96. The minimum Gasteiger partial charge on any atom is -0.476 e. The number of fused-ring (bicyclic) bond motifs is 1. The molecule has 1 aromatic carbocycles. The molecule has 0 aliphatic heterocycles. The van der Waals surface area contributed by atoms with Crippen molar-refractivity contribution in [2.45, 2.75) is 6.92 Å². The Labute approximate surface area is 88.1 Å². The molecule has 1 aromatic heterocycles. The van der Waals surface area contributed by atoms with Crippen LogP contribution in [0.25, 0.3) is 10.9 Å². The van der Waals surface area contributed by atoms with Crippen molar-refractivity contribution in [2.24, 2.45) is 0 Å². The number of halogens is 1. The summed E-state index contributed by atoms with van der Waals surface area (Å²) in [6.07, 6.45) is 0. The lowest BCUT2D eigenvalue weighted by Crippen LogP contribution is -1.97. The highest BCUT2D eigenvalue weighted by molar-refractivity contribution is 9.10. The van der Waals surface area contributed by atoms with Crippen molar-refractivity contribution in [2.75, 3.05) is 0 Å². The number of aromatic nitrogens is 2. The first-order valence-electron chi connectivity index (χ1n) is 3.97. The Hall–Kier alpha value is -1.36. The predicted octanol–water partition coefficient (Wildman–Crippen LogP) is 2.33. The van der Waals surface area contributed by atoms with Gasteiger partial charge in [-0.05, 0) is 24.6 Å². The topological polar surface area (TPSA) is 66.0 Å². The number of aromatic carboxylic acids is 1. The molecule has 0 fully saturated rings. The van der Waals surface area contributed by atoms with E-state index in [1.807, 2.05) is 19.1 Å². The quantitative estimate of drug-likeness (QED) is 0.821. The minimum atomic E-state index is -1.03. The summed E-state index contributed by atoms with van der Waals surface area (Å²) >= 11 is 3.32. The zero-order chi connectivity index (χ0) is 10.3. The molecule has 0 aliphatic rings. The van der Waals surface area contributed by atoms with Gasteiger partial charge in [0.1, 0.15) is 0 Å². The van der Waals surface area contributed by atoms with E-state index >= 15 is 0 Å². The van der Waals surface area contributed by atoms with Crippen LogP contribution < -0.4 is 0 Å². The van der Waals surface area contributed by atoms with Gasteiger partial charge in [0, 0.05) is 9.86 Å². The van der Waals surface area contributed by atoms with Crippen LogP contribution in [0.2, 0.25) is 0 Å². The maximum atomic E-state index is 10.8. The van der Waals surface area contributed by atoms with Crippen LogP contribution >= 0.6 is 15.9 Å².